The molecule has 2 heterocycles. The van der Waals surface area contributed by atoms with E-state index in [0.29, 0.717) is 12.6 Å². The van der Waals surface area contributed by atoms with Gasteiger partial charge in [-0.2, -0.15) is 13.2 Å². The summed E-state index contributed by atoms with van der Waals surface area (Å²) in [7, 11) is 0. The number of benzene rings is 1. The maximum atomic E-state index is 12.0. The maximum absolute atomic E-state index is 12.0. The lowest BCUT2D eigenvalue weighted by molar-refractivity contribution is -0.192. The van der Waals surface area contributed by atoms with Crippen molar-refractivity contribution in [1.29, 1.82) is 0 Å². The monoisotopic (exact) mass is 405 g/mol. The quantitative estimate of drug-likeness (QED) is 0.695. The zero-order valence-electron chi connectivity index (χ0n) is 15.2. The predicted molar refractivity (Wildman–Crippen MR) is 100 cm³/mol. The molecule has 6 nitrogen and oxygen atoms in total. The van der Waals surface area contributed by atoms with Crippen LogP contribution < -0.4 is 5.32 Å². The molecule has 4 rings (SSSR count). The number of alkyl halides is 3. The van der Waals surface area contributed by atoms with Crippen molar-refractivity contribution in [3.05, 3.63) is 54.9 Å². The Balaban J connectivity index is 0.000000298. The van der Waals surface area contributed by atoms with Crippen molar-refractivity contribution in [3.8, 4) is 11.1 Å². The highest BCUT2D eigenvalue weighted by Gasteiger charge is 2.38. The number of fused-ring (bicyclic) bond motifs is 1. The molecule has 0 radical (unpaired) electrons. The van der Waals surface area contributed by atoms with Gasteiger partial charge in [-0.25, -0.2) is 4.79 Å². The number of carbonyl (C=O) groups excluding carboxylic acids is 1. The van der Waals surface area contributed by atoms with Crippen LogP contribution in [0, 0.1) is 0 Å². The van der Waals surface area contributed by atoms with Gasteiger partial charge in [0.1, 0.15) is 6.54 Å². The first kappa shape index (κ1) is 20.4. The first-order valence-corrected chi connectivity index (χ1v) is 8.84. The summed E-state index contributed by atoms with van der Waals surface area (Å²) in [6.07, 6.45) is 0.945. The molecule has 0 atom stereocenters. The molecule has 2 aromatic heterocycles. The summed E-state index contributed by atoms with van der Waals surface area (Å²) in [6.45, 7) is 0.347. The van der Waals surface area contributed by atoms with Crippen LogP contribution in [0.15, 0.2) is 54.9 Å². The molecule has 1 aliphatic carbocycles. The molecule has 9 heteroatoms. The number of carboxylic acid groups (broad SMARTS) is 1. The highest BCUT2D eigenvalue weighted by atomic mass is 19.4. The number of halogens is 3. The highest BCUT2D eigenvalue weighted by molar-refractivity contribution is 5.84. The summed E-state index contributed by atoms with van der Waals surface area (Å²) in [5, 5.41) is 10.1. The Bertz CT molecular complexity index is 1010. The number of aromatic nitrogens is 2. The summed E-state index contributed by atoms with van der Waals surface area (Å²) < 4.78 is 33.7. The van der Waals surface area contributed by atoms with Gasteiger partial charge in [0, 0.05) is 24.0 Å². The van der Waals surface area contributed by atoms with Crippen LogP contribution in [0.1, 0.15) is 12.8 Å². The van der Waals surface area contributed by atoms with Gasteiger partial charge >= 0.3 is 12.1 Å². The van der Waals surface area contributed by atoms with Gasteiger partial charge in [0.25, 0.3) is 0 Å². The number of carbonyl (C=O) groups is 2. The van der Waals surface area contributed by atoms with E-state index >= 15 is 0 Å². The second-order valence-electron chi connectivity index (χ2n) is 6.58. The van der Waals surface area contributed by atoms with Crippen molar-refractivity contribution in [3.63, 3.8) is 0 Å². The molecule has 1 aliphatic rings. The third-order valence-electron chi connectivity index (χ3n) is 4.23. The van der Waals surface area contributed by atoms with Crippen LogP contribution >= 0.6 is 0 Å². The summed E-state index contributed by atoms with van der Waals surface area (Å²) in [6, 6.07) is 14.6. The molecule has 3 aromatic rings. The topological polar surface area (TPSA) is 84.2 Å². The molecule has 152 valence electrons. The molecular formula is C20H18F3N3O3. The minimum Gasteiger partial charge on any atom is -0.475 e. The summed E-state index contributed by atoms with van der Waals surface area (Å²) in [5.41, 5.74) is 4.11. The van der Waals surface area contributed by atoms with E-state index in [1.807, 2.05) is 41.2 Å². The normalized spacial score (nSPS) is 13.5. The van der Waals surface area contributed by atoms with Crippen LogP contribution in [-0.4, -0.2) is 38.8 Å². The van der Waals surface area contributed by atoms with Crippen LogP contribution in [0.3, 0.4) is 0 Å². The zero-order valence-corrected chi connectivity index (χ0v) is 15.2. The van der Waals surface area contributed by atoms with E-state index in [-0.39, 0.29) is 5.91 Å². The van der Waals surface area contributed by atoms with Gasteiger partial charge in [0.05, 0.1) is 11.0 Å². The summed E-state index contributed by atoms with van der Waals surface area (Å²) in [4.78, 5) is 25.4. The lowest BCUT2D eigenvalue weighted by Crippen LogP contribution is -2.29. The maximum Gasteiger partial charge on any atom is 0.490 e. The summed E-state index contributed by atoms with van der Waals surface area (Å²) in [5.74, 6) is -2.68. The third-order valence-corrected chi connectivity index (χ3v) is 4.23. The molecule has 2 N–H and O–H groups in total. The van der Waals surface area contributed by atoms with E-state index in [0.717, 1.165) is 35.0 Å². The molecule has 1 fully saturated rings. The third kappa shape index (κ3) is 5.56. The Kier molecular flexibility index (Phi) is 5.86. The lowest BCUT2D eigenvalue weighted by Gasteiger charge is -2.07. The van der Waals surface area contributed by atoms with Gasteiger partial charge < -0.3 is 15.0 Å². The Labute approximate surface area is 164 Å². The predicted octanol–water partition coefficient (Wildman–Crippen LogP) is 3.62. The second kappa shape index (κ2) is 8.34. The lowest BCUT2D eigenvalue weighted by atomic mass is 10.1. The number of amides is 1. The van der Waals surface area contributed by atoms with E-state index in [1.54, 1.807) is 0 Å². The molecule has 0 spiro atoms. The van der Waals surface area contributed by atoms with E-state index < -0.39 is 12.1 Å². The van der Waals surface area contributed by atoms with Gasteiger partial charge in [-0.3, -0.25) is 9.78 Å². The number of rotatable bonds is 4. The van der Waals surface area contributed by atoms with Crippen LogP contribution in [0.25, 0.3) is 22.2 Å². The largest absolute Gasteiger partial charge is 0.490 e. The standard InChI is InChI=1S/C18H17N3O.C2HF3O2/c22-18(20-15-6-7-15)12-21-9-8-16-17(21)10-14(11-19-16)13-4-2-1-3-5-13;3-2(4,5)1(6)7/h1-5,8-11,15H,6-7,12H2,(H,20,22);(H,6,7). The average Bonchev–Trinajstić information content (AvgIpc) is 3.41. The van der Waals surface area contributed by atoms with Gasteiger partial charge in [-0.15, -0.1) is 0 Å². The first-order chi connectivity index (χ1) is 13.7. The number of carboxylic acids is 1. The number of nitrogens with one attached hydrogen (secondary N) is 1. The molecule has 0 saturated heterocycles. The SMILES string of the molecule is O=C(Cn1ccc2ncc(-c3ccccc3)cc21)NC1CC1.O=C(O)C(F)(F)F. The van der Waals surface area contributed by atoms with Crippen molar-refractivity contribution in [2.24, 2.45) is 0 Å². The Hall–Kier alpha value is -3.36. The number of hydrogen-bond acceptors (Lipinski definition) is 3. The smallest absolute Gasteiger partial charge is 0.475 e. The number of pyridine rings is 1. The molecule has 29 heavy (non-hydrogen) atoms. The number of hydrogen-bond donors (Lipinski definition) is 2. The van der Waals surface area contributed by atoms with Crippen molar-refractivity contribution >= 4 is 22.9 Å². The van der Waals surface area contributed by atoms with E-state index in [4.69, 9.17) is 9.90 Å². The number of aliphatic carboxylic acids is 1. The zero-order chi connectivity index (χ0) is 21.0. The molecule has 0 bridgehead atoms. The Morgan fingerprint density at radius 3 is 2.38 bits per heavy atom. The highest BCUT2D eigenvalue weighted by Crippen LogP contribution is 2.23. The fourth-order valence-corrected chi connectivity index (χ4v) is 2.65. The van der Waals surface area contributed by atoms with Gasteiger partial charge in [-0.1, -0.05) is 30.3 Å². The molecule has 1 amide bonds. The Morgan fingerprint density at radius 1 is 1.14 bits per heavy atom. The molecular weight excluding hydrogens is 387 g/mol. The fourth-order valence-electron chi connectivity index (χ4n) is 2.65. The molecule has 1 saturated carbocycles. The van der Waals surface area contributed by atoms with E-state index in [1.165, 1.54) is 0 Å². The average molecular weight is 405 g/mol. The Morgan fingerprint density at radius 2 is 1.79 bits per heavy atom. The fraction of sp³-hybridized carbons (Fsp3) is 0.250. The van der Waals surface area contributed by atoms with Gasteiger partial charge in [0.15, 0.2) is 0 Å². The van der Waals surface area contributed by atoms with Crippen LogP contribution in [0.2, 0.25) is 0 Å². The van der Waals surface area contributed by atoms with Gasteiger partial charge in [-0.05, 0) is 30.5 Å². The minimum atomic E-state index is -5.08. The first-order valence-electron chi connectivity index (χ1n) is 8.84. The van der Waals surface area contributed by atoms with E-state index in [2.05, 4.69) is 28.5 Å². The van der Waals surface area contributed by atoms with Crippen molar-refractivity contribution in [2.75, 3.05) is 0 Å². The van der Waals surface area contributed by atoms with Crippen LogP contribution in [-0.2, 0) is 16.1 Å². The van der Waals surface area contributed by atoms with Crippen LogP contribution in [0.5, 0.6) is 0 Å². The van der Waals surface area contributed by atoms with Crippen molar-refractivity contribution in [2.45, 2.75) is 31.6 Å². The minimum absolute atomic E-state index is 0.0742. The molecule has 0 unspecified atom stereocenters. The molecule has 0 aliphatic heterocycles. The van der Waals surface area contributed by atoms with Crippen molar-refractivity contribution in [1.82, 2.24) is 14.9 Å². The molecule has 1 aromatic carbocycles. The second-order valence-corrected chi connectivity index (χ2v) is 6.58. The summed E-state index contributed by atoms with van der Waals surface area (Å²) >= 11 is 0. The van der Waals surface area contributed by atoms with Crippen molar-refractivity contribution < 1.29 is 27.9 Å². The van der Waals surface area contributed by atoms with Gasteiger partial charge in [0.2, 0.25) is 5.91 Å². The number of nitrogens with zero attached hydrogens (tertiary/aromatic N) is 2. The van der Waals surface area contributed by atoms with E-state index in [9.17, 15) is 18.0 Å². The van der Waals surface area contributed by atoms with Crippen LogP contribution in [0.4, 0.5) is 13.2 Å².